The third kappa shape index (κ3) is 3.06. The fourth-order valence-corrected chi connectivity index (χ4v) is 1.85. The summed E-state index contributed by atoms with van der Waals surface area (Å²) in [4.78, 5) is 6.01. The van der Waals surface area contributed by atoms with Gasteiger partial charge in [0.25, 0.3) is 0 Å². The van der Waals surface area contributed by atoms with E-state index >= 15 is 0 Å². The Morgan fingerprint density at radius 1 is 1.06 bits per heavy atom. The summed E-state index contributed by atoms with van der Waals surface area (Å²) in [6, 6.07) is 14.9. The summed E-state index contributed by atoms with van der Waals surface area (Å²) >= 11 is 0. The largest absolute Gasteiger partial charge is 0.326 e. The van der Waals surface area contributed by atoms with Gasteiger partial charge in [0.15, 0.2) is 0 Å². The first-order valence-electron chi connectivity index (χ1n) is 6.26. The molecule has 0 amide bonds. The van der Waals surface area contributed by atoms with E-state index in [0.29, 0.717) is 5.82 Å². The lowest BCUT2D eigenvalue weighted by Gasteiger charge is -2.23. The number of benzene rings is 1. The summed E-state index contributed by atoms with van der Waals surface area (Å²) in [5.74, 6) is 0.222. The minimum Gasteiger partial charge on any atom is -0.326 e. The topological polar surface area (TPSA) is 16.1 Å². The van der Waals surface area contributed by atoms with Gasteiger partial charge in [0.1, 0.15) is 5.82 Å². The molecule has 2 nitrogen and oxygen atoms in total. The van der Waals surface area contributed by atoms with Gasteiger partial charge in [-0.1, -0.05) is 37.6 Å². The Kier molecular flexibility index (Phi) is 4.29. The van der Waals surface area contributed by atoms with Crippen molar-refractivity contribution < 1.29 is 4.39 Å². The van der Waals surface area contributed by atoms with Gasteiger partial charge >= 0.3 is 0 Å². The van der Waals surface area contributed by atoms with Crippen molar-refractivity contribution in [1.29, 1.82) is 0 Å². The molecule has 0 radical (unpaired) electrons. The highest BCUT2D eigenvalue weighted by molar-refractivity contribution is 5.59. The van der Waals surface area contributed by atoms with Crippen molar-refractivity contribution in [3.05, 3.63) is 54.5 Å². The Hall–Kier alpha value is -1.90. The molecule has 2 aromatic rings. The van der Waals surface area contributed by atoms with Crippen LogP contribution in [-0.2, 0) is 0 Å². The van der Waals surface area contributed by atoms with E-state index < -0.39 is 5.95 Å². The minimum absolute atomic E-state index is 0.440. The third-order valence-corrected chi connectivity index (χ3v) is 2.78. The summed E-state index contributed by atoms with van der Waals surface area (Å²) in [7, 11) is 0. The fraction of sp³-hybridized carbons (Fsp3) is 0.267. The van der Waals surface area contributed by atoms with Gasteiger partial charge in [-0.15, -0.1) is 0 Å². The zero-order valence-electron chi connectivity index (χ0n) is 10.5. The Balaban J connectivity index is 2.31. The molecular formula is C15H17FN2. The molecule has 0 spiro atoms. The van der Waals surface area contributed by atoms with Crippen molar-refractivity contribution >= 4 is 11.5 Å². The van der Waals surface area contributed by atoms with Gasteiger partial charge in [0.05, 0.1) is 0 Å². The normalized spacial score (nSPS) is 10.3. The molecule has 0 unspecified atom stereocenters. The van der Waals surface area contributed by atoms with E-state index in [9.17, 15) is 4.39 Å². The maximum atomic E-state index is 13.2. The number of halogens is 1. The van der Waals surface area contributed by atoms with Crippen LogP contribution in [0.4, 0.5) is 15.9 Å². The van der Waals surface area contributed by atoms with E-state index in [1.165, 1.54) is 6.07 Å². The van der Waals surface area contributed by atoms with Gasteiger partial charge < -0.3 is 4.90 Å². The third-order valence-electron chi connectivity index (χ3n) is 2.78. The van der Waals surface area contributed by atoms with E-state index in [0.717, 1.165) is 25.1 Å². The lowest BCUT2D eigenvalue weighted by molar-refractivity contribution is 0.582. The minimum atomic E-state index is -0.440. The van der Waals surface area contributed by atoms with Crippen molar-refractivity contribution in [3.8, 4) is 0 Å². The maximum absolute atomic E-state index is 13.2. The first-order valence-corrected chi connectivity index (χ1v) is 6.26. The molecule has 0 aliphatic heterocycles. The summed E-state index contributed by atoms with van der Waals surface area (Å²) in [5.41, 5.74) is 1.05. The molecule has 94 valence electrons. The van der Waals surface area contributed by atoms with Gasteiger partial charge in [0, 0.05) is 12.2 Å². The Bertz CT molecular complexity index is 485. The number of anilines is 2. The summed E-state index contributed by atoms with van der Waals surface area (Å²) < 4.78 is 13.2. The Morgan fingerprint density at radius 3 is 2.50 bits per heavy atom. The van der Waals surface area contributed by atoms with Crippen LogP contribution >= 0.6 is 0 Å². The van der Waals surface area contributed by atoms with E-state index in [1.807, 2.05) is 41.3 Å². The highest BCUT2D eigenvalue weighted by Crippen LogP contribution is 2.23. The molecule has 0 saturated carbocycles. The first-order chi connectivity index (χ1) is 8.81. The van der Waals surface area contributed by atoms with Crippen molar-refractivity contribution in [2.75, 3.05) is 11.4 Å². The molecule has 18 heavy (non-hydrogen) atoms. The van der Waals surface area contributed by atoms with Crippen LogP contribution in [0.5, 0.6) is 0 Å². The van der Waals surface area contributed by atoms with Gasteiger partial charge in [-0.05, 0) is 30.7 Å². The van der Waals surface area contributed by atoms with Gasteiger partial charge in [-0.3, -0.25) is 0 Å². The molecule has 3 heteroatoms. The molecule has 1 heterocycles. The molecule has 0 fully saturated rings. The number of pyridine rings is 1. The predicted molar refractivity (Wildman–Crippen MR) is 72.6 cm³/mol. The van der Waals surface area contributed by atoms with Crippen LogP contribution in [0.3, 0.4) is 0 Å². The average Bonchev–Trinajstić information content (AvgIpc) is 2.40. The quantitative estimate of drug-likeness (QED) is 0.734. The van der Waals surface area contributed by atoms with Crippen LogP contribution in [-0.4, -0.2) is 11.5 Å². The monoisotopic (exact) mass is 244 g/mol. The summed E-state index contributed by atoms with van der Waals surface area (Å²) in [6.45, 7) is 2.99. The molecular weight excluding hydrogens is 227 g/mol. The predicted octanol–water partition coefficient (Wildman–Crippen LogP) is 4.16. The zero-order valence-corrected chi connectivity index (χ0v) is 10.5. The van der Waals surface area contributed by atoms with Gasteiger partial charge in [-0.25, -0.2) is 4.98 Å². The molecule has 0 aliphatic rings. The lowest BCUT2D eigenvalue weighted by Crippen LogP contribution is -2.19. The standard InChI is InChI=1S/C15H17FN2/c1-2-3-12-18(13-8-5-4-6-9-13)15-11-7-10-14(16)17-15/h4-11H,2-3,12H2,1H3. The second-order valence-electron chi connectivity index (χ2n) is 4.16. The maximum Gasteiger partial charge on any atom is 0.214 e. The first kappa shape index (κ1) is 12.6. The Morgan fingerprint density at radius 2 is 1.83 bits per heavy atom. The summed E-state index contributed by atoms with van der Waals surface area (Å²) in [6.07, 6.45) is 2.14. The highest BCUT2D eigenvalue weighted by Gasteiger charge is 2.10. The molecule has 1 aromatic heterocycles. The number of para-hydroxylation sites is 1. The second-order valence-corrected chi connectivity index (χ2v) is 4.16. The van der Waals surface area contributed by atoms with Gasteiger partial charge in [-0.2, -0.15) is 4.39 Å². The SMILES string of the molecule is CCCCN(c1ccccc1)c1cccc(F)n1. The van der Waals surface area contributed by atoms with Crippen LogP contribution in [0.15, 0.2) is 48.5 Å². The molecule has 2 rings (SSSR count). The lowest BCUT2D eigenvalue weighted by atomic mass is 10.2. The number of unbranched alkanes of at least 4 members (excludes halogenated alkanes) is 1. The van der Waals surface area contributed by atoms with Crippen LogP contribution < -0.4 is 4.90 Å². The fourth-order valence-electron chi connectivity index (χ4n) is 1.85. The van der Waals surface area contributed by atoms with Crippen LogP contribution in [0.2, 0.25) is 0 Å². The van der Waals surface area contributed by atoms with Crippen molar-refractivity contribution in [3.63, 3.8) is 0 Å². The number of aromatic nitrogens is 1. The van der Waals surface area contributed by atoms with Gasteiger partial charge in [0.2, 0.25) is 5.95 Å². The molecule has 0 saturated heterocycles. The number of hydrogen-bond donors (Lipinski definition) is 0. The van der Waals surface area contributed by atoms with Crippen LogP contribution in [0, 0.1) is 5.95 Å². The second kappa shape index (κ2) is 6.15. The molecule has 0 aliphatic carbocycles. The van der Waals surface area contributed by atoms with E-state index in [1.54, 1.807) is 6.07 Å². The molecule has 1 aromatic carbocycles. The van der Waals surface area contributed by atoms with Crippen molar-refractivity contribution in [2.45, 2.75) is 19.8 Å². The van der Waals surface area contributed by atoms with E-state index in [-0.39, 0.29) is 0 Å². The Labute approximate surface area is 107 Å². The highest BCUT2D eigenvalue weighted by atomic mass is 19.1. The van der Waals surface area contributed by atoms with E-state index in [4.69, 9.17) is 0 Å². The summed E-state index contributed by atoms with van der Waals surface area (Å²) in [5, 5.41) is 0. The molecule has 0 N–H and O–H groups in total. The van der Waals surface area contributed by atoms with Crippen molar-refractivity contribution in [2.24, 2.45) is 0 Å². The van der Waals surface area contributed by atoms with E-state index in [2.05, 4.69) is 11.9 Å². The number of hydrogen-bond acceptors (Lipinski definition) is 2. The molecule has 0 atom stereocenters. The number of rotatable bonds is 5. The smallest absolute Gasteiger partial charge is 0.214 e. The zero-order chi connectivity index (χ0) is 12.8. The molecule has 0 bridgehead atoms. The average molecular weight is 244 g/mol. The van der Waals surface area contributed by atoms with Crippen LogP contribution in [0.25, 0.3) is 0 Å². The number of nitrogens with zero attached hydrogens (tertiary/aromatic N) is 2. The van der Waals surface area contributed by atoms with Crippen LogP contribution in [0.1, 0.15) is 19.8 Å². The van der Waals surface area contributed by atoms with Crippen molar-refractivity contribution in [1.82, 2.24) is 4.98 Å².